The molecule has 5 nitrogen and oxygen atoms in total. The summed E-state index contributed by atoms with van der Waals surface area (Å²) < 4.78 is 5.95. The van der Waals surface area contributed by atoms with Crippen molar-refractivity contribution in [3.8, 4) is 0 Å². The van der Waals surface area contributed by atoms with Crippen LogP contribution in [0.3, 0.4) is 0 Å². The molecule has 1 aliphatic rings. The Kier molecular flexibility index (Phi) is 5.93. The summed E-state index contributed by atoms with van der Waals surface area (Å²) in [4.78, 5) is 30.8. The lowest BCUT2D eigenvalue weighted by Crippen LogP contribution is -2.33. The zero-order valence-corrected chi connectivity index (χ0v) is 18.0. The van der Waals surface area contributed by atoms with Gasteiger partial charge in [0.15, 0.2) is 5.43 Å². The van der Waals surface area contributed by atoms with E-state index in [-0.39, 0.29) is 17.1 Å². The molecule has 1 aromatic heterocycles. The van der Waals surface area contributed by atoms with E-state index in [0.29, 0.717) is 28.1 Å². The summed E-state index contributed by atoms with van der Waals surface area (Å²) in [6, 6.07) is 13.9. The lowest BCUT2D eigenvalue weighted by atomic mass is 9.98. The summed E-state index contributed by atoms with van der Waals surface area (Å²) >= 11 is 6.08. The number of benzene rings is 2. The Labute approximate surface area is 180 Å². The molecular formula is C24H25ClN2O3. The fourth-order valence-electron chi connectivity index (χ4n) is 4.19. The van der Waals surface area contributed by atoms with E-state index in [1.54, 1.807) is 35.2 Å². The van der Waals surface area contributed by atoms with Crippen LogP contribution in [0.2, 0.25) is 5.02 Å². The van der Waals surface area contributed by atoms with Gasteiger partial charge in [-0.2, -0.15) is 0 Å². The zero-order valence-electron chi connectivity index (χ0n) is 17.2. The molecule has 0 unspecified atom stereocenters. The number of hydrogen-bond donors (Lipinski definition) is 0. The largest absolute Gasteiger partial charge is 0.450 e. The van der Waals surface area contributed by atoms with Crippen molar-refractivity contribution in [2.24, 2.45) is 0 Å². The molecule has 6 heteroatoms. The molecule has 2 heterocycles. The number of carbonyl (C=O) groups is 1. The number of para-hydroxylation sites is 1. The van der Waals surface area contributed by atoms with E-state index in [1.807, 2.05) is 18.2 Å². The second-order valence-corrected chi connectivity index (χ2v) is 7.94. The third-order valence-electron chi connectivity index (χ3n) is 5.83. The van der Waals surface area contributed by atoms with Crippen molar-refractivity contribution in [1.29, 1.82) is 0 Å². The van der Waals surface area contributed by atoms with Crippen LogP contribution < -0.4 is 5.43 Å². The molecular weight excluding hydrogens is 400 g/mol. The van der Waals surface area contributed by atoms with Gasteiger partial charge >= 0.3 is 0 Å². The van der Waals surface area contributed by atoms with Gasteiger partial charge in [-0.15, -0.1) is 0 Å². The summed E-state index contributed by atoms with van der Waals surface area (Å²) in [6.45, 7) is 7.63. The van der Waals surface area contributed by atoms with Crippen LogP contribution in [0.4, 0.5) is 0 Å². The van der Waals surface area contributed by atoms with Gasteiger partial charge in [-0.25, -0.2) is 0 Å². The molecule has 2 aromatic carbocycles. The van der Waals surface area contributed by atoms with Crippen LogP contribution in [0.15, 0.2) is 57.7 Å². The Morgan fingerprint density at radius 1 is 1.03 bits per heavy atom. The van der Waals surface area contributed by atoms with Gasteiger partial charge in [0.25, 0.3) is 5.91 Å². The Hall–Kier alpha value is -2.63. The van der Waals surface area contributed by atoms with Gasteiger partial charge < -0.3 is 14.2 Å². The number of nitrogens with zero attached hydrogens (tertiary/aromatic N) is 2. The minimum absolute atomic E-state index is 0.147. The Morgan fingerprint density at radius 2 is 1.73 bits per heavy atom. The molecule has 1 amide bonds. The summed E-state index contributed by atoms with van der Waals surface area (Å²) in [6.07, 6.45) is 0.819. The summed E-state index contributed by atoms with van der Waals surface area (Å²) in [5, 5.41) is 1.11. The molecule has 0 bridgehead atoms. The first kappa shape index (κ1) is 20.6. The lowest BCUT2D eigenvalue weighted by molar-refractivity contribution is 0.0720. The van der Waals surface area contributed by atoms with Crippen molar-refractivity contribution in [3.05, 3.63) is 80.7 Å². The van der Waals surface area contributed by atoms with E-state index < -0.39 is 6.04 Å². The standard InChI is InChI=1S/C24H25ClN2O3/c1-3-26(4-2)14-7-15-27-21(16-10-12-17(25)13-11-16)20-22(28)18-8-5-6-9-19(18)30-23(20)24(27)29/h5-6,8-13,21H,3-4,7,14-15H2,1-2H3/t21-/m0/s1. The van der Waals surface area contributed by atoms with Gasteiger partial charge in [0.2, 0.25) is 5.76 Å². The first-order chi connectivity index (χ1) is 14.5. The predicted octanol–water partition coefficient (Wildman–Crippen LogP) is 4.72. The zero-order chi connectivity index (χ0) is 21.3. The van der Waals surface area contributed by atoms with Gasteiger partial charge in [-0.1, -0.05) is 49.7 Å². The first-order valence-corrected chi connectivity index (χ1v) is 10.8. The van der Waals surface area contributed by atoms with Crippen LogP contribution in [0.5, 0.6) is 0 Å². The Bertz CT molecular complexity index is 1120. The number of rotatable bonds is 7. The van der Waals surface area contributed by atoms with Crippen molar-refractivity contribution in [2.75, 3.05) is 26.2 Å². The van der Waals surface area contributed by atoms with E-state index in [1.165, 1.54) is 0 Å². The molecule has 0 N–H and O–H groups in total. The highest BCUT2D eigenvalue weighted by Gasteiger charge is 2.42. The molecule has 0 spiro atoms. The molecule has 0 saturated carbocycles. The van der Waals surface area contributed by atoms with Crippen molar-refractivity contribution in [3.63, 3.8) is 0 Å². The first-order valence-electron chi connectivity index (χ1n) is 10.4. The second-order valence-electron chi connectivity index (χ2n) is 7.50. The minimum atomic E-state index is -0.470. The van der Waals surface area contributed by atoms with Crippen molar-refractivity contribution < 1.29 is 9.21 Å². The maximum Gasteiger partial charge on any atom is 0.290 e. The highest BCUT2D eigenvalue weighted by Crippen LogP contribution is 2.38. The van der Waals surface area contributed by atoms with Crippen molar-refractivity contribution >= 4 is 28.5 Å². The molecule has 1 aliphatic heterocycles. The van der Waals surface area contributed by atoms with Crippen LogP contribution in [-0.4, -0.2) is 41.9 Å². The Morgan fingerprint density at radius 3 is 2.43 bits per heavy atom. The Balaban J connectivity index is 1.78. The van der Waals surface area contributed by atoms with Gasteiger partial charge in [0.05, 0.1) is 17.0 Å². The van der Waals surface area contributed by atoms with E-state index in [4.69, 9.17) is 16.0 Å². The van der Waals surface area contributed by atoms with Gasteiger partial charge in [-0.3, -0.25) is 9.59 Å². The third kappa shape index (κ3) is 3.64. The van der Waals surface area contributed by atoms with Crippen LogP contribution >= 0.6 is 11.6 Å². The molecule has 0 radical (unpaired) electrons. The van der Waals surface area contributed by atoms with Crippen molar-refractivity contribution in [1.82, 2.24) is 9.80 Å². The SMILES string of the molecule is CCN(CC)CCCN1C(=O)c2oc3ccccc3c(=O)c2[C@@H]1c1ccc(Cl)cc1. The van der Waals surface area contributed by atoms with Gasteiger partial charge in [0.1, 0.15) is 5.58 Å². The van der Waals surface area contributed by atoms with E-state index in [0.717, 1.165) is 31.6 Å². The summed E-state index contributed by atoms with van der Waals surface area (Å²) in [7, 11) is 0. The average Bonchev–Trinajstić information content (AvgIpc) is 3.04. The summed E-state index contributed by atoms with van der Waals surface area (Å²) in [5.41, 5.74) is 1.57. The van der Waals surface area contributed by atoms with E-state index in [2.05, 4.69) is 18.7 Å². The van der Waals surface area contributed by atoms with Crippen LogP contribution in [-0.2, 0) is 0 Å². The molecule has 0 aliphatic carbocycles. The lowest BCUT2D eigenvalue weighted by Gasteiger charge is -2.26. The molecule has 0 saturated heterocycles. The molecule has 3 aromatic rings. The fourth-order valence-corrected chi connectivity index (χ4v) is 4.32. The second kappa shape index (κ2) is 8.62. The smallest absolute Gasteiger partial charge is 0.290 e. The quantitative estimate of drug-likeness (QED) is 0.550. The number of hydrogen-bond acceptors (Lipinski definition) is 4. The average molecular weight is 425 g/mol. The highest BCUT2D eigenvalue weighted by atomic mass is 35.5. The maximum absolute atomic E-state index is 13.4. The van der Waals surface area contributed by atoms with E-state index in [9.17, 15) is 9.59 Å². The van der Waals surface area contributed by atoms with Gasteiger partial charge in [0, 0.05) is 11.6 Å². The van der Waals surface area contributed by atoms with Crippen LogP contribution in [0, 0.1) is 0 Å². The minimum Gasteiger partial charge on any atom is -0.450 e. The van der Waals surface area contributed by atoms with Gasteiger partial charge in [-0.05, 0) is 55.9 Å². The fraction of sp³-hybridized carbons (Fsp3) is 0.333. The molecule has 1 atom stereocenters. The summed E-state index contributed by atoms with van der Waals surface area (Å²) in [5.74, 6) is -0.0751. The topological polar surface area (TPSA) is 53.8 Å². The van der Waals surface area contributed by atoms with E-state index >= 15 is 0 Å². The molecule has 0 fully saturated rings. The number of fused-ring (bicyclic) bond motifs is 2. The molecule has 4 rings (SSSR count). The predicted molar refractivity (Wildman–Crippen MR) is 119 cm³/mol. The van der Waals surface area contributed by atoms with Crippen LogP contribution in [0.1, 0.15) is 48.0 Å². The number of halogens is 1. The molecule has 30 heavy (non-hydrogen) atoms. The third-order valence-corrected chi connectivity index (χ3v) is 6.08. The number of carbonyl (C=O) groups excluding carboxylic acids is 1. The number of amides is 1. The maximum atomic E-state index is 13.4. The van der Waals surface area contributed by atoms with Crippen molar-refractivity contribution in [2.45, 2.75) is 26.3 Å². The van der Waals surface area contributed by atoms with Crippen LogP contribution in [0.25, 0.3) is 11.0 Å². The normalized spacial score (nSPS) is 15.9. The molecule has 156 valence electrons. The monoisotopic (exact) mass is 424 g/mol. The highest BCUT2D eigenvalue weighted by molar-refractivity contribution is 6.30.